The van der Waals surface area contributed by atoms with Gasteiger partial charge in [-0.1, -0.05) is 29.8 Å². The van der Waals surface area contributed by atoms with Crippen LogP contribution in [0.4, 0.5) is 0 Å². The van der Waals surface area contributed by atoms with E-state index in [4.69, 9.17) is 11.6 Å². The third-order valence-corrected chi connectivity index (χ3v) is 4.80. The number of benzene rings is 1. The lowest BCUT2D eigenvalue weighted by Crippen LogP contribution is -2.31. The van der Waals surface area contributed by atoms with Crippen molar-refractivity contribution in [2.24, 2.45) is 17.3 Å². The van der Waals surface area contributed by atoms with Gasteiger partial charge in [0.2, 0.25) is 0 Å². The van der Waals surface area contributed by atoms with E-state index in [1.54, 1.807) is 30.3 Å². The normalized spacial score (nSPS) is 27.0. The average molecular weight is 313 g/mol. The summed E-state index contributed by atoms with van der Waals surface area (Å²) in [5.41, 5.74) is -0.413. The zero-order valence-corrected chi connectivity index (χ0v) is 13.0. The summed E-state index contributed by atoms with van der Waals surface area (Å²) in [5, 5.41) is 20.0. The molecule has 112 valence electrons. The summed E-state index contributed by atoms with van der Waals surface area (Å²) < 4.78 is 0. The minimum absolute atomic E-state index is 0.0686. The molecule has 0 bridgehead atoms. The fourth-order valence-corrected chi connectivity index (χ4v) is 3.51. The van der Waals surface area contributed by atoms with Crippen LogP contribution in [0.15, 0.2) is 36.9 Å². The van der Waals surface area contributed by atoms with Gasteiger partial charge in [0.25, 0.3) is 0 Å². The number of nitrogens with zero attached hydrogens (tertiary/aromatic N) is 2. The van der Waals surface area contributed by atoms with Gasteiger partial charge in [-0.05, 0) is 42.9 Å². The minimum Gasteiger partial charge on any atom is -0.303 e. The van der Waals surface area contributed by atoms with Gasteiger partial charge in [-0.2, -0.15) is 10.5 Å². The van der Waals surface area contributed by atoms with Crippen molar-refractivity contribution in [3.63, 3.8) is 0 Å². The summed E-state index contributed by atoms with van der Waals surface area (Å²) in [7, 11) is 0. The standard InChI is InChI=1S/C18H17ClN2O/c1-2-13-3-4-15(10-22)17(18(9-13,11-20)12-21)14-5-7-16(19)8-6-14/h2,5-8,10,13,15,17H,1,3-4,9H2/t13-,15-,17-/m1/s1. The van der Waals surface area contributed by atoms with Crippen LogP contribution in [0.3, 0.4) is 0 Å². The van der Waals surface area contributed by atoms with Crippen molar-refractivity contribution in [2.75, 3.05) is 0 Å². The average Bonchev–Trinajstić information content (AvgIpc) is 2.72. The van der Waals surface area contributed by atoms with Crippen molar-refractivity contribution < 1.29 is 4.79 Å². The summed E-state index contributed by atoms with van der Waals surface area (Å²) in [4.78, 5) is 11.6. The van der Waals surface area contributed by atoms with Crippen molar-refractivity contribution >= 4 is 17.9 Å². The quantitative estimate of drug-likeness (QED) is 0.476. The predicted octanol–water partition coefficient (Wildman–Crippen LogP) is 4.26. The van der Waals surface area contributed by atoms with E-state index in [0.29, 0.717) is 17.9 Å². The van der Waals surface area contributed by atoms with Crippen LogP contribution in [0.2, 0.25) is 5.02 Å². The van der Waals surface area contributed by atoms with Crippen LogP contribution in [0.25, 0.3) is 0 Å². The molecule has 0 saturated heterocycles. The molecule has 2 rings (SSSR count). The molecule has 0 unspecified atom stereocenters. The molecule has 1 saturated carbocycles. The minimum atomic E-state index is -1.23. The fraction of sp³-hybridized carbons (Fsp3) is 0.389. The smallest absolute Gasteiger partial charge is 0.151 e. The van der Waals surface area contributed by atoms with Crippen molar-refractivity contribution in [3.8, 4) is 12.1 Å². The van der Waals surface area contributed by atoms with Crippen LogP contribution in [-0.2, 0) is 4.79 Å². The second kappa shape index (κ2) is 6.77. The first-order chi connectivity index (χ1) is 10.6. The molecule has 0 aromatic heterocycles. The number of hydrogen-bond acceptors (Lipinski definition) is 3. The van der Waals surface area contributed by atoms with Crippen LogP contribution < -0.4 is 0 Å². The Morgan fingerprint density at radius 2 is 1.86 bits per heavy atom. The maximum atomic E-state index is 11.6. The third-order valence-electron chi connectivity index (χ3n) is 4.55. The lowest BCUT2D eigenvalue weighted by Gasteiger charge is -2.31. The van der Waals surface area contributed by atoms with Gasteiger partial charge >= 0.3 is 0 Å². The molecule has 0 N–H and O–H groups in total. The number of carbonyl (C=O) groups excluding carboxylic acids is 1. The lowest BCUT2D eigenvalue weighted by atomic mass is 9.66. The molecule has 0 spiro atoms. The van der Waals surface area contributed by atoms with Crippen molar-refractivity contribution in [2.45, 2.75) is 25.2 Å². The Bertz CT molecular complexity index is 625. The maximum Gasteiger partial charge on any atom is 0.151 e. The molecule has 4 heteroatoms. The summed E-state index contributed by atoms with van der Waals surface area (Å²) in [6.45, 7) is 3.80. The van der Waals surface area contributed by atoms with Gasteiger partial charge in [0.1, 0.15) is 6.29 Å². The number of halogens is 1. The lowest BCUT2D eigenvalue weighted by molar-refractivity contribution is -0.112. The van der Waals surface area contributed by atoms with E-state index in [0.717, 1.165) is 18.3 Å². The molecule has 22 heavy (non-hydrogen) atoms. The summed E-state index contributed by atoms with van der Waals surface area (Å²) in [6.07, 6.45) is 4.49. The van der Waals surface area contributed by atoms with Crippen LogP contribution in [0.1, 0.15) is 30.7 Å². The maximum absolute atomic E-state index is 11.6. The summed E-state index contributed by atoms with van der Waals surface area (Å²) >= 11 is 5.92. The topological polar surface area (TPSA) is 64.7 Å². The van der Waals surface area contributed by atoms with E-state index < -0.39 is 11.3 Å². The Hall–Kier alpha value is -2.10. The highest BCUT2D eigenvalue weighted by molar-refractivity contribution is 6.30. The van der Waals surface area contributed by atoms with Crippen molar-refractivity contribution in [1.29, 1.82) is 10.5 Å². The van der Waals surface area contributed by atoms with E-state index in [2.05, 4.69) is 18.7 Å². The van der Waals surface area contributed by atoms with Crippen molar-refractivity contribution in [3.05, 3.63) is 47.5 Å². The first-order valence-electron chi connectivity index (χ1n) is 7.26. The first kappa shape index (κ1) is 16.3. The predicted molar refractivity (Wildman–Crippen MR) is 84.9 cm³/mol. The molecular weight excluding hydrogens is 296 g/mol. The number of hydrogen-bond donors (Lipinski definition) is 0. The highest BCUT2D eigenvalue weighted by Gasteiger charge is 2.47. The highest BCUT2D eigenvalue weighted by Crippen LogP contribution is 2.49. The second-order valence-electron chi connectivity index (χ2n) is 5.80. The molecule has 0 aliphatic heterocycles. The van der Waals surface area contributed by atoms with Crippen LogP contribution in [0.5, 0.6) is 0 Å². The molecule has 1 fully saturated rings. The van der Waals surface area contributed by atoms with Gasteiger partial charge in [-0.3, -0.25) is 0 Å². The first-order valence-corrected chi connectivity index (χ1v) is 7.64. The Labute approximate surface area is 135 Å². The molecule has 1 aliphatic carbocycles. The number of nitriles is 2. The molecule has 0 radical (unpaired) electrons. The Morgan fingerprint density at radius 1 is 1.23 bits per heavy atom. The molecule has 1 aromatic carbocycles. The van der Waals surface area contributed by atoms with E-state index in [1.165, 1.54) is 0 Å². The van der Waals surface area contributed by atoms with E-state index >= 15 is 0 Å². The molecule has 1 aliphatic rings. The van der Waals surface area contributed by atoms with Gasteiger partial charge in [0.15, 0.2) is 5.41 Å². The van der Waals surface area contributed by atoms with Crippen LogP contribution in [-0.4, -0.2) is 6.29 Å². The van der Waals surface area contributed by atoms with Gasteiger partial charge in [0, 0.05) is 16.9 Å². The third kappa shape index (κ3) is 2.91. The Balaban J connectivity index is 2.58. The number of rotatable bonds is 3. The van der Waals surface area contributed by atoms with Crippen molar-refractivity contribution in [1.82, 2.24) is 0 Å². The largest absolute Gasteiger partial charge is 0.303 e. The van der Waals surface area contributed by atoms with E-state index in [1.807, 2.05) is 0 Å². The summed E-state index contributed by atoms with van der Waals surface area (Å²) in [5.74, 6) is -0.730. The molecule has 0 heterocycles. The fourth-order valence-electron chi connectivity index (χ4n) is 3.39. The zero-order valence-electron chi connectivity index (χ0n) is 12.2. The van der Waals surface area contributed by atoms with Gasteiger partial charge in [0.05, 0.1) is 12.1 Å². The molecular formula is C18H17ClN2O. The van der Waals surface area contributed by atoms with Crippen LogP contribution >= 0.6 is 11.6 Å². The van der Waals surface area contributed by atoms with Gasteiger partial charge in [-0.25, -0.2) is 0 Å². The van der Waals surface area contributed by atoms with Crippen LogP contribution in [0, 0.1) is 39.9 Å². The van der Waals surface area contributed by atoms with E-state index in [-0.39, 0.29) is 11.8 Å². The van der Waals surface area contributed by atoms with E-state index in [9.17, 15) is 15.3 Å². The molecule has 3 nitrogen and oxygen atoms in total. The zero-order chi connectivity index (χ0) is 16.2. The SMILES string of the molecule is C=C[C@@H]1CC[C@H](C=O)[C@@H](c2ccc(Cl)cc2)C(C#N)(C#N)C1. The number of allylic oxidation sites excluding steroid dienone is 1. The molecule has 0 amide bonds. The molecule has 3 atom stereocenters. The number of carbonyl (C=O) groups is 1. The second-order valence-corrected chi connectivity index (χ2v) is 6.24. The number of aldehydes is 1. The van der Waals surface area contributed by atoms with Gasteiger partial charge < -0.3 is 4.79 Å². The Kier molecular flexibility index (Phi) is 5.01. The molecule has 1 aromatic rings. The summed E-state index contributed by atoms with van der Waals surface area (Å²) in [6, 6.07) is 11.5. The highest BCUT2D eigenvalue weighted by atomic mass is 35.5. The Morgan fingerprint density at radius 3 is 2.36 bits per heavy atom. The monoisotopic (exact) mass is 312 g/mol. The van der Waals surface area contributed by atoms with Gasteiger partial charge in [-0.15, -0.1) is 6.58 Å².